The molecular weight excluding hydrogens is 553 g/mol. The van der Waals surface area contributed by atoms with E-state index in [4.69, 9.17) is 27.9 Å². The number of hydrogen-bond donors (Lipinski definition) is 1. The first-order valence-corrected chi connectivity index (χ1v) is 13.8. The molecule has 1 aliphatic rings. The van der Waals surface area contributed by atoms with Gasteiger partial charge < -0.3 is 10.1 Å². The van der Waals surface area contributed by atoms with Gasteiger partial charge in [-0.25, -0.2) is 8.78 Å². The third-order valence-electron chi connectivity index (χ3n) is 7.60. The summed E-state index contributed by atoms with van der Waals surface area (Å²) in [5, 5.41) is 14.3. The van der Waals surface area contributed by atoms with Gasteiger partial charge in [-0.2, -0.15) is 5.26 Å². The van der Waals surface area contributed by atoms with E-state index in [0.717, 1.165) is 11.6 Å². The van der Waals surface area contributed by atoms with Crippen LogP contribution in [0.25, 0.3) is 0 Å². The molecule has 0 amide bonds. The second-order valence-corrected chi connectivity index (χ2v) is 12.5. The second-order valence-electron chi connectivity index (χ2n) is 11.6. The smallest absolute Gasteiger partial charge is 0.154 e. The van der Waals surface area contributed by atoms with E-state index >= 15 is 8.78 Å². The molecule has 0 aromatic heterocycles. The summed E-state index contributed by atoms with van der Waals surface area (Å²) in [6.45, 7) is 7.91. The van der Waals surface area contributed by atoms with Gasteiger partial charge in [0.25, 0.3) is 0 Å². The van der Waals surface area contributed by atoms with E-state index in [1.165, 1.54) is 31.4 Å². The van der Waals surface area contributed by atoms with E-state index in [2.05, 4.69) is 11.4 Å². The number of Topliss-reactive ketones (excluding diaryl/α,β-unsaturated/α-hetero) is 1. The number of carbonyl (C=O) groups excluding carboxylic acids is 1. The number of aryl methyl sites for hydroxylation is 1. The van der Waals surface area contributed by atoms with Crippen LogP contribution in [0.3, 0.4) is 0 Å². The number of halogens is 4. The molecule has 0 saturated carbocycles. The topological polar surface area (TPSA) is 62.1 Å². The van der Waals surface area contributed by atoms with Crippen LogP contribution < -0.4 is 10.1 Å². The Morgan fingerprint density at radius 3 is 2.48 bits per heavy atom. The predicted octanol–water partition coefficient (Wildman–Crippen LogP) is 7.72. The second kappa shape index (κ2) is 11.5. The van der Waals surface area contributed by atoms with Crippen molar-refractivity contribution in [2.24, 2.45) is 5.41 Å². The minimum absolute atomic E-state index is 0.0351. The normalized spacial score (nSPS) is 22.6. The summed E-state index contributed by atoms with van der Waals surface area (Å²) in [4.78, 5) is 14.1. The highest BCUT2D eigenvalue weighted by Gasteiger charge is 2.60. The van der Waals surface area contributed by atoms with Gasteiger partial charge in [0.05, 0.1) is 24.2 Å². The first-order chi connectivity index (χ1) is 18.8. The lowest BCUT2D eigenvalue weighted by molar-refractivity contribution is -0.120. The quantitative estimate of drug-likeness (QED) is 0.309. The fourth-order valence-electron chi connectivity index (χ4n) is 5.90. The van der Waals surface area contributed by atoms with Gasteiger partial charge in [-0.05, 0) is 54.2 Å². The number of nitriles is 1. The van der Waals surface area contributed by atoms with Crippen molar-refractivity contribution >= 4 is 29.0 Å². The van der Waals surface area contributed by atoms with Crippen LogP contribution in [0, 0.1) is 35.3 Å². The van der Waals surface area contributed by atoms with E-state index < -0.39 is 35.1 Å². The summed E-state index contributed by atoms with van der Waals surface area (Å²) in [5.41, 5.74) is -0.235. The molecule has 1 fully saturated rings. The molecule has 1 heterocycles. The van der Waals surface area contributed by atoms with Crippen LogP contribution in [0.4, 0.5) is 8.78 Å². The molecule has 40 heavy (non-hydrogen) atoms. The summed E-state index contributed by atoms with van der Waals surface area (Å²) in [7, 11) is 1.53. The first-order valence-electron chi connectivity index (χ1n) is 13.1. The lowest BCUT2D eigenvalue weighted by Crippen LogP contribution is -2.44. The highest BCUT2D eigenvalue weighted by molar-refractivity contribution is 6.31. The predicted molar refractivity (Wildman–Crippen MR) is 154 cm³/mol. The molecule has 0 bridgehead atoms. The van der Waals surface area contributed by atoms with Crippen molar-refractivity contribution in [2.45, 2.75) is 64.0 Å². The van der Waals surface area contributed by atoms with Crippen LogP contribution >= 0.6 is 23.2 Å². The van der Waals surface area contributed by atoms with Gasteiger partial charge in [0.15, 0.2) is 5.78 Å². The Hall–Kier alpha value is -2.98. The van der Waals surface area contributed by atoms with Crippen molar-refractivity contribution in [3.63, 3.8) is 0 Å². The monoisotopic (exact) mass is 584 g/mol. The molecule has 0 unspecified atom stereocenters. The Labute approximate surface area is 244 Å². The Morgan fingerprint density at radius 1 is 1.12 bits per heavy atom. The standard InChI is InChI=1S/C32H32Cl2F2N2O2/c1-18-9-10-19(26(13-18)40-5)14-25(39)30-28(21-7-6-8-23(34)29(21)36)32(17-37,27(38-30)16-31(2,3)4)22-12-11-20(33)15-24(22)35/h6-13,15,27-28,30,38H,14,16H2,1-5H3/t27-,28-,30-,32-/m0/s1. The first kappa shape index (κ1) is 30.0. The largest absolute Gasteiger partial charge is 0.496 e. The molecule has 1 N–H and O–H groups in total. The number of rotatable bonds is 7. The SMILES string of the molecule is COc1cc(C)ccc1CC(=O)[C@@H]1N[C@@H](CC(C)(C)C)[C@](C#N)(c2ccc(Cl)cc2F)[C@H]1c1cccc(Cl)c1F. The maximum atomic E-state index is 15.8. The molecule has 4 nitrogen and oxygen atoms in total. The number of nitrogens with zero attached hydrogens (tertiary/aromatic N) is 1. The Balaban J connectivity index is 1.96. The van der Waals surface area contributed by atoms with Crippen LogP contribution in [0.5, 0.6) is 5.75 Å². The van der Waals surface area contributed by atoms with Crippen molar-refractivity contribution in [3.8, 4) is 11.8 Å². The Morgan fingerprint density at radius 2 is 1.85 bits per heavy atom. The van der Waals surface area contributed by atoms with Crippen molar-refractivity contribution in [2.75, 3.05) is 7.11 Å². The minimum Gasteiger partial charge on any atom is -0.496 e. The van der Waals surface area contributed by atoms with Gasteiger partial charge in [-0.1, -0.05) is 74.3 Å². The van der Waals surface area contributed by atoms with Gasteiger partial charge >= 0.3 is 0 Å². The van der Waals surface area contributed by atoms with E-state index in [1.54, 1.807) is 6.07 Å². The summed E-state index contributed by atoms with van der Waals surface area (Å²) in [6, 6.07) is 14.8. The molecule has 4 rings (SSSR count). The molecule has 210 valence electrons. The lowest BCUT2D eigenvalue weighted by Gasteiger charge is -2.37. The van der Waals surface area contributed by atoms with E-state index in [1.807, 2.05) is 45.9 Å². The number of nitrogens with one attached hydrogen (secondary N) is 1. The third-order valence-corrected chi connectivity index (χ3v) is 8.13. The summed E-state index contributed by atoms with van der Waals surface area (Å²) in [6.07, 6.45) is 0.367. The number of hydrogen-bond acceptors (Lipinski definition) is 4. The fourth-order valence-corrected chi connectivity index (χ4v) is 6.24. The molecule has 3 aromatic carbocycles. The maximum absolute atomic E-state index is 15.8. The Kier molecular flexibility index (Phi) is 8.61. The zero-order chi connectivity index (χ0) is 29.4. The molecule has 1 saturated heterocycles. The van der Waals surface area contributed by atoms with E-state index in [9.17, 15) is 10.1 Å². The van der Waals surface area contributed by atoms with Crippen LogP contribution in [0.1, 0.15) is 55.4 Å². The van der Waals surface area contributed by atoms with Crippen molar-refractivity contribution in [3.05, 3.63) is 98.5 Å². The Bertz CT molecular complexity index is 1480. The van der Waals surface area contributed by atoms with Gasteiger partial charge in [0, 0.05) is 34.5 Å². The van der Waals surface area contributed by atoms with Gasteiger partial charge in [-0.15, -0.1) is 0 Å². The number of ether oxygens (including phenoxy) is 1. The summed E-state index contributed by atoms with van der Waals surface area (Å²) < 4.78 is 37.0. The third kappa shape index (κ3) is 5.61. The van der Waals surface area contributed by atoms with E-state index in [0.29, 0.717) is 17.7 Å². The molecule has 8 heteroatoms. The lowest BCUT2D eigenvalue weighted by atomic mass is 9.62. The highest BCUT2D eigenvalue weighted by Crippen LogP contribution is 2.53. The van der Waals surface area contributed by atoms with Crippen molar-refractivity contribution < 1.29 is 18.3 Å². The van der Waals surface area contributed by atoms with Crippen LogP contribution in [-0.4, -0.2) is 25.0 Å². The maximum Gasteiger partial charge on any atom is 0.154 e. The number of benzene rings is 3. The zero-order valence-corrected chi connectivity index (χ0v) is 24.6. The van der Waals surface area contributed by atoms with Gasteiger partial charge in [0.1, 0.15) is 22.8 Å². The van der Waals surface area contributed by atoms with Gasteiger partial charge in [-0.3, -0.25) is 4.79 Å². The van der Waals surface area contributed by atoms with Crippen LogP contribution in [0.15, 0.2) is 54.6 Å². The number of ketones is 1. The van der Waals surface area contributed by atoms with Crippen LogP contribution in [0.2, 0.25) is 10.0 Å². The average molecular weight is 586 g/mol. The van der Waals surface area contributed by atoms with Crippen molar-refractivity contribution in [1.82, 2.24) is 5.32 Å². The fraction of sp³-hybridized carbons (Fsp3) is 0.375. The number of carbonyl (C=O) groups is 1. The van der Waals surface area contributed by atoms with Crippen molar-refractivity contribution in [1.29, 1.82) is 5.26 Å². The minimum atomic E-state index is -1.66. The molecule has 0 aliphatic carbocycles. The average Bonchev–Trinajstić information content (AvgIpc) is 3.19. The zero-order valence-electron chi connectivity index (χ0n) is 23.1. The summed E-state index contributed by atoms with van der Waals surface area (Å²) in [5.74, 6) is -2.26. The van der Waals surface area contributed by atoms with Crippen LogP contribution in [-0.2, 0) is 16.6 Å². The number of methoxy groups -OCH3 is 1. The molecule has 0 spiro atoms. The summed E-state index contributed by atoms with van der Waals surface area (Å²) >= 11 is 12.3. The molecule has 1 aliphatic heterocycles. The van der Waals surface area contributed by atoms with E-state index in [-0.39, 0.29) is 38.8 Å². The molecule has 3 aromatic rings. The molecule has 0 radical (unpaired) electrons. The molecular formula is C32H32Cl2F2N2O2. The van der Waals surface area contributed by atoms with Gasteiger partial charge in [0.2, 0.25) is 0 Å². The highest BCUT2D eigenvalue weighted by atomic mass is 35.5. The molecule has 4 atom stereocenters.